The Bertz CT molecular complexity index is 1160. The van der Waals surface area contributed by atoms with Crippen molar-refractivity contribution in [3.63, 3.8) is 0 Å². The zero-order valence-electron chi connectivity index (χ0n) is 38.5. The fourth-order valence-electron chi connectivity index (χ4n) is 9.28. The van der Waals surface area contributed by atoms with Crippen LogP contribution in [0.25, 0.3) is 0 Å². The summed E-state index contributed by atoms with van der Waals surface area (Å²) in [5, 5.41) is 0. The Morgan fingerprint density at radius 2 is 1.17 bits per heavy atom. The van der Waals surface area contributed by atoms with Crippen LogP contribution < -0.4 is 0 Å². The van der Waals surface area contributed by atoms with E-state index in [0.717, 1.165) is 84.7 Å². The molecule has 2 aliphatic rings. The molecule has 3 nitrogen and oxygen atoms in total. The number of esters is 1. The van der Waals surface area contributed by atoms with Crippen molar-refractivity contribution in [3.8, 4) is 0 Å². The van der Waals surface area contributed by atoms with Crippen molar-refractivity contribution < 1.29 is 14.3 Å². The van der Waals surface area contributed by atoms with Gasteiger partial charge in [0.1, 0.15) is 17.1 Å². The van der Waals surface area contributed by atoms with E-state index >= 15 is 0 Å². The number of hydrogen-bond acceptors (Lipinski definition) is 3. The van der Waals surface area contributed by atoms with Crippen LogP contribution in [0.3, 0.4) is 0 Å². The molecule has 1 fully saturated rings. The molecular weight excluding hydrogens is 661 g/mol. The Balaban J connectivity index is 1.73. The van der Waals surface area contributed by atoms with Gasteiger partial charge < -0.3 is 9.47 Å². The molecule has 54 heavy (non-hydrogen) atoms. The first-order valence-electron chi connectivity index (χ1n) is 23.5. The van der Waals surface area contributed by atoms with E-state index in [1.54, 1.807) is 0 Å². The van der Waals surface area contributed by atoms with E-state index in [4.69, 9.17) is 9.47 Å². The molecule has 3 heteroatoms. The Hall–Kier alpha value is -1.51. The second-order valence-electron chi connectivity index (χ2n) is 20.2. The van der Waals surface area contributed by atoms with Crippen LogP contribution in [0.2, 0.25) is 0 Å². The lowest BCUT2D eigenvalue weighted by Crippen LogP contribution is -2.40. The highest BCUT2D eigenvalue weighted by atomic mass is 16.5. The average Bonchev–Trinajstić information content (AvgIpc) is 3.08. The van der Waals surface area contributed by atoms with Crippen LogP contribution >= 0.6 is 0 Å². The van der Waals surface area contributed by atoms with Crippen molar-refractivity contribution in [1.29, 1.82) is 0 Å². The molecule has 0 aromatic heterocycles. The third-order valence-corrected chi connectivity index (χ3v) is 13.5. The highest BCUT2D eigenvalue weighted by Gasteiger charge is 2.43. The number of rotatable bonds is 28. The van der Waals surface area contributed by atoms with E-state index in [1.165, 1.54) is 114 Å². The van der Waals surface area contributed by atoms with Gasteiger partial charge in [-0.15, -0.1) is 0 Å². The first kappa shape index (κ1) is 48.6. The molecule has 0 aromatic carbocycles. The Labute approximate surface area is 337 Å². The summed E-state index contributed by atoms with van der Waals surface area (Å²) in [6, 6.07) is 0. The normalized spacial score (nSPS) is 23.1. The Morgan fingerprint density at radius 3 is 1.67 bits per heavy atom. The maximum absolute atomic E-state index is 13.1. The summed E-state index contributed by atoms with van der Waals surface area (Å²) in [6.07, 6.45) is 29.5. The minimum absolute atomic E-state index is 0.0974. The predicted octanol–water partition coefficient (Wildman–Crippen LogP) is 16.5. The summed E-state index contributed by atoms with van der Waals surface area (Å²) < 4.78 is 13.1. The van der Waals surface area contributed by atoms with Crippen LogP contribution in [0, 0.1) is 47.3 Å². The molecule has 2 rings (SSSR count). The number of hydrogen-bond donors (Lipinski definition) is 0. The van der Waals surface area contributed by atoms with Crippen LogP contribution in [0.1, 0.15) is 231 Å². The number of fused-ring (bicyclic) bond motifs is 1. The van der Waals surface area contributed by atoms with Gasteiger partial charge in [-0.2, -0.15) is 0 Å². The van der Waals surface area contributed by atoms with E-state index < -0.39 is 0 Å². The molecule has 1 aliphatic heterocycles. The van der Waals surface area contributed by atoms with E-state index in [9.17, 15) is 4.79 Å². The minimum Gasteiger partial charge on any atom is -0.491 e. The lowest BCUT2D eigenvalue weighted by molar-refractivity contribution is -0.141. The quantitative estimate of drug-likeness (QED) is 0.0590. The van der Waals surface area contributed by atoms with E-state index in [2.05, 4.69) is 96.1 Å². The predicted molar refractivity (Wildman–Crippen MR) is 235 cm³/mol. The monoisotopic (exact) mass is 753 g/mol. The van der Waals surface area contributed by atoms with Gasteiger partial charge in [0.05, 0.1) is 0 Å². The zero-order valence-corrected chi connectivity index (χ0v) is 38.5. The van der Waals surface area contributed by atoms with Crippen molar-refractivity contribution in [2.75, 3.05) is 0 Å². The lowest BCUT2D eigenvalue weighted by atomic mass is 9.73. The molecule has 2 unspecified atom stereocenters. The van der Waals surface area contributed by atoms with Crippen molar-refractivity contribution in [1.82, 2.24) is 0 Å². The summed E-state index contributed by atoms with van der Waals surface area (Å²) in [4.78, 5) is 13.1. The van der Waals surface area contributed by atoms with Crippen LogP contribution in [0.4, 0.5) is 0 Å². The van der Waals surface area contributed by atoms with Gasteiger partial charge >= 0.3 is 5.97 Å². The van der Waals surface area contributed by atoms with Gasteiger partial charge in [-0.25, -0.2) is 0 Å². The summed E-state index contributed by atoms with van der Waals surface area (Å²) in [7, 11) is 0. The topological polar surface area (TPSA) is 35.5 Å². The summed E-state index contributed by atoms with van der Waals surface area (Å²) in [5.74, 6) is 7.41. The lowest BCUT2D eigenvalue weighted by Gasteiger charge is -2.45. The van der Waals surface area contributed by atoms with Gasteiger partial charge in [0.15, 0.2) is 0 Å². The maximum Gasteiger partial charge on any atom is 0.311 e. The number of carbonyl (C=O) groups excluding carboxylic acids is 1. The molecule has 1 heterocycles. The van der Waals surface area contributed by atoms with Gasteiger partial charge in [0, 0.05) is 18.3 Å². The second-order valence-corrected chi connectivity index (χ2v) is 20.2. The van der Waals surface area contributed by atoms with E-state index in [0.29, 0.717) is 12.3 Å². The van der Waals surface area contributed by atoms with E-state index in [-0.39, 0.29) is 17.5 Å². The molecular formula is C51H92O3. The largest absolute Gasteiger partial charge is 0.491 e. The number of allylic oxidation sites excluding steroid dienone is 6. The minimum atomic E-state index is -0.0977. The highest BCUT2D eigenvalue weighted by molar-refractivity contribution is 5.71. The second kappa shape index (κ2) is 25.7. The van der Waals surface area contributed by atoms with Gasteiger partial charge in [-0.1, -0.05) is 164 Å². The molecule has 1 saturated heterocycles. The smallest absolute Gasteiger partial charge is 0.311 e. The Kier molecular flexibility index (Phi) is 23.1. The SMILES string of the molecule is CC1=C(OC(=O)CC/C=C(\C)CCC[C@H](C)CCC[C@H](C)CCCC(C)C)C(C)C2CC[C@](C)(CCC[C@H](C)CCC[C@H](C)CCCC(C)C)OC2=C1C. The van der Waals surface area contributed by atoms with E-state index in [1.807, 2.05) is 0 Å². The van der Waals surface area contributed by atoms with Gasteiger partial charge in [0.2, 0.25) is 0 Å². The molecule has 0 bridgehead atoms. The summed E-state index contributed by atoms with van der Waals surface area (Å²) in [6.45, 7) is 30.2. The molecule has 7 atom stereocenters. The third kappa shape index (κ3) is 19.1. The van der Waals surface area contributed by atoms with Crippen molar-refractivity contribution in [2.45, 2.75) is 237 Å². The summed E-state index contributed by atoms with van der Waals surface area (Å²) >= 11 is 0. The van der Waals surface area contributed by atoms with Crippen LogP contribution in [0.5, 0.6) is 0 Å². The van der Waals surface area contributed by atoms with Crippen molar-refractivity contribution >= 4 is 5.97 Å². The van der Waals surface area contributed by atoms with Crippen LogP contribution in [0.15, 0.2) is 34.3 Å². The molecule has 0 radical (unpaired) electrons. The van der Waals surface area contributed by atoms with Gasteiger partial charge in [-0.05, 0) is 119 Å². The van der Waals surface area contributed by atoms with Gasteiger partial charge in [-0.3, -0.25) is 4.79 Å². The molecule has 0 saturated carbocycles. The zero-order chi connectivity index (χ0) is 40.3. The molecule has 1 aliphatic carbocycles. The van der Waals surface area contributed by atoms with Crippen LogP contribution in [-0.4, -0.2) is 11.6 Å². The molecule has 0 amide bonds. The van der Waals surface area contributed by atoms with Crippen molar-refractivity contribution in [3.05, 3.63) is 34.3 Å². The average molecular weight is 753 g/mol. The highest BCUT2D eigenvalue weighted by Crippen LogP contribution is 2.49. The fourth-order valence-corrected chi connectivity index (χ4v) is 9.28. The van der Waals surface area contributed by atoms with Crippen LogP contribution in [-0.2, 0) is 14.3 Å². The third-order valence-electron chi connectivity index (χ3n) is 13.5. The molecule has 0 aromatic rings. The maximum atomic E-state index is 13.1. The first-order chi connectivity index (χ1) is 25.5. The van der Waals surface area contributed by atoms with Gasteiger partial charge in [0.25, 0.3) is 0 Å². The Morgan fingerprint density at radius 1 is 0.704 bits per heavy atom. The molecule has 0 N–H and O–H groups in total. The number of ether oxygens (including phenoxy) is 2. The first-order valence-corrected chi connectivity index (χ1v) is 23.5. The standard InChI is InChI=1S/C51H92O3/c1-37(2)21-14-23-39(5)25-16-27-41(7)28-17-29-42(8)31-19-33-48(52)53-49-44(10)45(11)50-47(46(49)12)34-36-51(13,54-50)35-20-32-43(9)30-18-26-40(6)24-15-22-38(3)4/h31,37-41,43,46-47H,14-30,32-36H2,1-13H3/b42-31+/t39-,40-,41-,43-,46?,47?,51+/m1/s1. The summed E-state index contributed by atoms with van der Waals surface area (Å²) in [5.41, 5.74) is 3.59. The molecule has 0 spiro atoms. The fraction of sp³-hybridized carbons (Fsp3) is 0.863. The van der Waals surface area contributed by atoms with Crippen molar-refractivity contribution in [2.24, 2.45) is 47.3 Å². The number of carbonyl (C=O) groups is 1. The molecule has 314 valence electrons.